The number of primary amides is 1. The molecular weight excluding hydrogens is 182 g/mol. The van der Waals surface area contributed by atoms with E-state index in [-0.39, 0.29) is 11.3 Å². The summed E-state index contributed by atoms with van der Waals surface area (Å²) < 4.78 is 0. The number of aromatic hydroxyl groups is 1. The van der Waals surface area contributed by atoms with Crippen LogP contribution in [0, 0.1) is 11.8 Å². The molecule has 0 saturated carbocycles. The number of rotatable bonds is 1. The summed E-state index contributed by atoms with van der Waals surface area (Å²) in [4.78, 5) is 20.9. The molecule has 0 atom stereocenters. The molecule has 0 aromatic heterocycles. The van der Waals surface area contributed by atoms with Gasteiger partial charge in [0.15, 0.2) is 6.29 Å². The molecule has 0 unspecified atom stereocenters. The molecule has 1 rings (SSSR count). The molecule has 0 spiro atoms. The van der Waals surface area contributed by atoms with E-state index in [0.29, 0.717) is 11.8 Å². The van der Waals surface area contributed by atoms with Gasteiger partial charge in [-0.05, 0) is 18.2 Å². The predicted molar refractivity (Wildman–Crippen MR) is 49.6 cm³/mol. The van der Waals surface area contributed by atoms with Crippen LogP contribution in [0.5, 0.6) is 5.75 Å². The fourth-order valence-corrected chi connectivity index (χ4v) is 0.890. The lowest BCUT2D eigenvalue weighted by molar-refractivity contribution is -0.112. The lowest BCUT2D eigenvalue weighted by Crippen LogP contribution is -2.06. The van der Waals surface area contributed by atoms with Crippen LogP contribution in [0.2, 0.25) is 0 Å². The van der Waals surface area contributed by atoms with Crippen molar-refractivity contribution in [3.63, 3.8) is 0 Å². The van der Waals surface area contributed by atoms with E-state index in [4.69, 9.17) is 10.8 Å². The highest BCUT2D eigenvalue weighted by molar-refractivity contribution is 5.93. The quantitative estimate of drug-likeness (QED) is 0.483. The van der Waals surface area contributed by atoms with Crippen molar-refractivity contribution in [2.75, 3.05) is 0 Å². The fraction of sp³-hybridized carbons (Fsp3) is 0. The van der Waals surface area contributed by atoms with E-state index in [2.05, 4.69) is 11.8 Å². The molecule has 0 fully saturated rings. The van der Waals surface area contributed by atoms with Crippen LogP contribution in [-0.2, 0) is 4.79 Å². The summed E-state index contributed by atoms with van der Waals surface area (Å²) in [5, 5.41) is 9.05. The molecule has 1 aromatic rings. The fourth-order valence-electron chi connectivity index (χ4n) is 0.890. The number of nitrogens with two attached hydrogens (primary N) is 1. The van der Waals surface area contributed by atoms with Gasteiger partial charge >= 0.3 is 0 Å². The largest absolute Gasteiger partial charge is 0.508 e. The van der Waals surface area contributed by atoms with Gasteiger partial charge in [-0.15, -0.1) is 0 Å². The number of aldehydes is 1. The molecule has 1 aromatic carbocycles. The normalized spacial score (nSPS) is 8.57. The van der Waals surface area contributed by atoms with Gasteiger partial charge in [0.2, 0.25) is 0 Å². The van der Waals surface area contributed by atoms with E-state index >= 15 is 0 Å². The molecule has 0 aliphatic carbocycles. The first kappa shape index (κ1) is 9.81. The third kappa shape index (κ3) is 2.35. The minimum absolute atomic E-state index is 0.0308. The van der Waals surface area contributed by atoms with Crippen LogP contribution < -0.4 is 5.73 Å². The summed E-state index contributed by atoms with van der Waals surface area (Å²) in [6.07, 6.45) is 0.546. The molecule has 70 valence electrons. The molecule has 0 radical (unpaired) electrons. The van der Waals surface area contributed by atoms with Crippen molar-refractivity contribution in [3.8, 4) is 17.6 Å². The zero-order chi connectivity index (χ0) is 10.6. The van der Waals surface area contributed by atoms with Gasteiger partial charge in [0.1, 0.15) is 5.75 Å². The van der Waals surface area contributed by atoms with Crippen molar-refractivity contribution in [2.24, 2.45) is 5.73 Å². The van der Waals surface area contributed by atoms with Crippen LogP contribution in [0.25, 0.3) is 0 Å². The Bertz CT molecular complexity index is 440. The van der Waals surface area contributed by atoms with Crippen molar-refractivity contribution in [1.29, 1.82) is 0 Å². The maximum absolute atomic E-state index is 10.5. The summed E-state index contributed by atoms with van der Waals surface area (Å²) in [6, 6.07) is 4.07. The minimum Gasteiger partial charge on any atom is -0.508 e. The summed E-state index contributed by atoms with van der Waals surface area (Å²) in [5.41, 5.74) is 5.39. The highest BCUT2D eigenvalue weighted by Crippen LogP contribution is 2.13. The Morgan fingerprint density at radius 2 is 2.21 bits per heavy atom. The Labute approximate surface area is 80.3 Å². The number of amides is 1. The van der Waals surface area contributed by atoms with E-state index < -0.39 is 5.91 Å². The van der Waals surface area contributed by atoms with E-state index in [9.17, 15) is 9.59 Å². The Hall–Kier alpha value is -2.28. The SMILES string of the molecule is NC(=O)C#Cc1ccc(O)cc1C=O. The van der Waals surface area contributed by atoms with Crippen LogP contribution in [0.15, 0.2) is 18.2 Å². The van der Waals surface area contributed by atoms with Crippen LogP contribution >= 0.6 is 0 Å². The Morgan fingerprint density at radius 1 is 1.50 bits per heavy atom. The topological polar surface area (TPSA) is 80.4 Å². The van der Waals surface area contributed by atoms with Crippen LogP contribution in [0.1, 0.15) is 15.9 Å². The zero-order valence-corrected chi connectivity index (χ0v) is 7.15. The van der Waals surface area contributed by atoms with Crippen molar-refractivity contribution in [1.82, 2.24) is 0 Å². The van der Waals surface area contributed by atoms with E-state index in [1.54, 1.807) is 0 Å². The number of carbonyl (C=O) groups is 2. The Kier molecular flexibility index (Phi) is 2.87. The predicted octanol–water partition coefficient (Wildman–Crippen LogP) is 0.0415. The maximum atomic E-state index is 10.5. The molecule has 4 nitrogen and oxygen atoms in total. The highest BCUT2D eigenvalue weighted by Gasteiger charge is 1.99. The van der Waals surface area contributed by atoms with Gasteiger partial charge in [-0.25, -0.2) is 0 Å². The first-order valence-corrected chi connectivity index (χ1v) is 3.73. The summed E-state index contributed by atoms with van der Waals surface area (Å²) in [6.45, 7) is 0. The summed E-state index contributed by atoms with van der Waals surface area (Å²) in [7, 11) is 0. The van der Waals surface area contributed by atoms with Crippen molar-refractivity contribution < 1.29 is 14.7 Å². The third-order valence-electron chi connectivity index (χ3n) is 1.48. The first-order valence-electron chi connectivity index (χ1n) is 3.73. The molecular formula is C10H7NO3. The van der Waals surface area contributed by atoms with Gasteiger partial charge in [0.05, 0.1) is 0 Å². The minimum atomic E-state index is -0.769. The van der Waals surface area contributed by atoms with E-state index in [1.807, 2.05) is 0 Å². The van der Waals surface area contributed by atoms with Crippen molar-refractivity contribution in [2.45, 2.75) is 0 Å². The maximum Gasteiger partial charge on any atom is 0.293 e. The highest BCUT2D eigenvalue weighted by atomic mass is 16.3. The molecule has 0 bridgehead atoms. The van der Waals surface area contributed by atoms with Gasteiger partial charge in [-0.1, -0.05) is 5.92 Å². The Morgan fingerprint density at radius 3 is 2.79 bits per heavy atom. The van der Waals surface area contributed by atoms with Gasteiger partial charge in [-0.2, -0.15) is 0 Å². The number of hydrogen-bond donors (Lipinski definition) is 2. The number of phenolic OH excluding ortho intramolecular Hbond substituents is 1. The van der Waals surface area contributed by atoms with E-state index in [1.165, 1.54) is 18.2 Å². The average molecular weight is 189 g/mol. The summed E-state index contributed by atoms with van der Waals surface area (Å²) >= 11 is 0. The standard InChI is InChI=1S/C10H7NO3/c11-10(14)4-2-7-1-3-9(13)5-8(7)6-12/h1,3,5-6,13H,(H2,11,14). The second-order valence-electron chi connectivity index (χ2n) is 2.50. The van der Waals surface area contributed by atoms with Crippen LogP contribution in [0.4, 0.5) is 0 Å². The molecule has 3 N–H and O–H groups in total. The van der Waals surface area contributed by atoms with Crippen molar-refractivity contribution >= 4 is 12.2 Å². The monoisotopic (exact) mass is 189 g/mol. The molecule has 4 heteroatoms. The average Bonchev–Trinajstić information content (AvgIpc) is 2.15. The Balaban J connectivity index is 3.17. The number of phenols is 1. The van der Waals surface area contributed by atoms with Gasteiger partial charge in [0.25, 0.3) is 5.91 Å². The second-order valence-corrected chi connectivity index (χ2v) is 2.50. The molecule has 0 heterocycles. The van der Waals surface area contributed by atoms with Gasteiger partial charge in [0, 0.05) is 17.0 Å². The van der Waals surface area contributed by atoms with E-state index in [0.717, 1.165) is 0 Å². The molecule has 1 amide bonds. The smallest absolute Gasteiger partial charge is 0.293 e. The third-order valence-corrected chi connectivity index (χ3v) is 1.48. The zero-order valence-electron chi connectivity index (χ0n) is 7.15. The summed E-state index contributed by atoms with van der Waals surface area (Å²) in [5.74, 6) is 3.73. The molecule has 14 heavy (non-hydrogen) atoms. The lowest BCUT2D eigenvalue weighted by Gasteiger charge is -1.96. The van der Waals surface area contributed by atoms with Gasteiger partial charge in [-0.3, -0.25) is 9.59 Å². The number of hydrogen-bond acceptors (Lipinski definition) is 3. The molecule has 0 aliphatic heterocycles. The van der Waals surface area contributed by atoms with Crippen molar-refractivity contribution in [3.05, 3.63) is 29.3 Å². The van der Waals surface area contributed by atoms with Crippen LogP contribution in [-0.4, -0.2) is 17.3 Å². The number of benzene rings is 1. The van der Waals surface area contributed by atoms with Crippen LogP contribution in [0.3, 0.4) is 0 Å². The first-order chi connectivity index (χ1) is 6.63. The molecule has 0 aliphatic rings. The number of carbonyl (C=O) groups excluding carboxylic acids is 2. The molecule has 0 saturated heterocycles. The lowest BCUT2D eigenvalue weighted by atomic mass is 10.1. The second kappa shape index (κ2) is 4.10. The van der Waals surface area contributed by atoms with Gasteiger partial charge < -0.3 is 10.8 Å².